The van der Waals surface area contributed by atoms with Gasteiger partial charge in [-0.3, -0.25) is 4.98 Å². The van der Waals surface area contributed by atoms with Crippen molar-refractivity contribution < 1.29 is 4.74 Å². The molecule has 1 N–H and O–H groups in total. The second-order valence-corrected chi connectivity index (χ2v) is 7.58. The quantitative estimate of drug-likeness (QED) is 0.663. The predicted molar refractivity (Wildman–Crippen MR) is 119 cm³/mol. The normalized spacial score (nSPS) is 14.9. The molecule has 2 aromatic carbocycles. The third-order valence-electron chi connectivity index (χ3n) is 5.46. The molecule has 4 nitrogen and oxygen atoms in total. The van der Waals surface area contributed by atoms with Gasteiger partial charge in [-0.25, -0.2) is 0 Å². The fourth-order valence-corrected chi connectivity index (χ4v) is 3.99. The molecule has 1 aliphatic rings. The molecule has 0 radical (unpaired) electrons. The Balaban J connectivity index is 1.45. The fraction of sp³-hybridized carbons (Fsp3) is 0.304. The van der Waals surface area contributed by atoms with Gasteiger partial charge in [0.1, 0.15) is 11.9 Å². The van der Waals surface area contributed by atoms with E-state index in [-0.39, 0.29) is 6.10 Å². The summed E-state index contributed by atoms with van der Waals surface area (Å²) in [7, 11) is 1.87. The summed E-state index contributed by atoms with van der Waals surface area (Å²) >= 11 is 5.31. The molecular formula is C23H25N3OS. The molecule has 28 heavy (non-hydrogen) atoms. The Hall–Kier alpha value is -2.66. The Bertz CT molecular complexity index is 979. The number of pyridine rings is 1. The lowest BCUT2D eigenvalue weighted by Gasteiger charge is -2.33. The van der Waals surface area contributed by atoms with Crippen molar-refractivity contribution in [3.05, 3.63) is 60.3 Å². The van der Waals surface area contributed by atoms with Gasteiger partial charge in [0.15, 0.2) is 5.11 Å². The second-order valence-electron chi connectivity index (χ2n) is 7.20. The van der Waals surface area contributed by atoms with Crippen LogP contribution in [0.1, 0.15) is 18.4 Å². The summed E-state index contributed by atoms with van der Waals surface area (Å²) in [5.74, 6) is 0.921. The number of piperidine rings is 1. The van der Waals surface area contributed by atoms with E-state index >= 15 is 0 Å². The molecule has 4 rings (SSSR count). The maximum atomic E-state index is 6.20. The number of likely N-dealkylation sites (tertiary alicyclic amines) is 1. The molecule has 144 valence electrons. The first-order chi connectivity index (χ1) is 13.7. The number of hydrogen-bond donors (Lipinski definition) is 1. The Labute approximate surface area is 171 Å². The Morgan fingerprint density at radius 2 is 1.82 bits per heavy atom. The standard InChI is InChI=1S/C23H25N3OS/c1-16-20-5-3-4-6-22(20)25-15-21(16)17-7-9-18(10-8-17)27-19-11-13-26(14-12-19)23(28)24-2/h3-10,15,19H,11-14H2,1-2H3,(H,24,28). The fourth-order valence-electron chi connectivity index (χ4n) is 3.81. The minimum atomic E-state index is 0.242. The zero-order valence-electron chi connectivity index (χ0n) is 16.3. The maximum absolute atomic E-state index is 6.20. The molecule has 0 atom stereocenters. The van der Waals surface area contributed by atoms with E-state index in [0.29, 0.717) is 0 Å². The highest BCUT2D eigenvalue weighted by atomic mass is 32.1. The lowest BCUT2D eigenvalue weighted by molar-refractivity contribution is 0.131. The van der Waals surface area contributed by atoms with Crippen LogP contribution in [-0.2, 0) is 0 Å². The van der Waals surface area contributed by atoms with E-state index in [2.05, 4.69) is 64.6 Å². The molecule has 5 heteroatoms. The molecular weight excluding hydrogens is 366 g/mol. The summed E-state index contributed by atoms with van der Waals surface area (Å²) in [5, 5.41) is 5.07. The van der Waals surface area contributed by atoms with E-state index < -0.39 is 0 Å². The number of thiocarbonyl (C=S) groups is 1. The van der Waals surface area contributed by atoms with E-state index in [9.17, 15) is 0 Å². The van der Waals surface area contributed by atoms with Crippen molar-refractivity contribution in [3.63, 3.8) is 0 Å². The molecule has 0 saturated carbocycles. The maximum Gasteiger partial charge on any atom is 0.168 e. The van der Waals surface area contributed by atoms with Crippen molar-refractivity contribution in [2.45, 2.75) is 25.9 Å². The molecule has 0 amide bonds. The number of aromatic nitrogens is 1. The Kier molecular flexibility index (Phi) is 5.44. The van der Waals surface area contributed by atoms with E-state index in [1.54, 1.807) is 0 Å². The highest BCUT2D eigenvalue weighted by molar-refractivity contribution is 7.80. The number of hydrogen-bond acceptors (Lipinski definition) is 3. The van der Waals surface area contributed by atoms with Gasteiger partial charge in [-0.05, 0) is 48.5 Å². The van der Waals surface area contributed by atoms with Crippen molar-refractivity contribution in [3.8, 4) is 16.9 Å². The van der Waals surface area contributed by atoms with Gasteiger partial charge in [0.2, 0.25) is 0 Å². The van der Waals surface area contributed by atoms with Crippen molar-refractivity contribution in [1.82, 2.24) is 15.2 Å². The van der Waals surface area contributed by atoms with Crippen LogP contribution in [0.4, 0.5) is 0 Å². The molecule has 1 aromatic heterocycles. The summed E-state index contributed by atoms with van der Waals surface area (Å²) in [4.78, 5) is 6.81. The molecule has 1 saturated heterocycles. The molecule has 2 heterocycles. The van der Waals surface area contributed by atoms with Crippen LogP contribution in [0.3, 0.4) is 0 Å². The van der Waals surface area contributed by atoms with E-state index in [1.165, 1.54) is 16.5 Å². The third-order valence-corrected chi connectivity index (χ3v) is 5.92. The first kappa shape index (κ1) is 18.7. The van der Waals surface area contributed by atoms with Gasteiger partial charge in [0.25, 0.3) is 0 Å². The Morgan fingerprint density at radius 1 is 1.11 bits per heavy atom. The number of ether oxygens (including phenoxy) is 1. The molecule has 0 bridgehead atoms. The smallest absolute Gasteiger partial charge is 0.168 e. The van der Waals surface area contributed by atoms with Gasteiger partial charge < -0.3 is 15.0 Å². The van der Waals surface area contributed by atoms with Crippen molar-refractivity contribution in [1.29, 1.82) is 0 Å². The molecule has 0 spiro atoms. The number of benzene rings is 2. The average molecular weight is 392 g/mol. The van der Waals surface area contributed by atoms with Gasteiger partial charge in [-0.15, -0.1) is 0 Å². The second kappa shape index (κ2) is 8.15. The number of nitrogens with zero attached hydrogens (tertiary/aromatic N) is 2. The summed E-state index contributed by atoms with van der Waals surface area (Å²) in [6.07, 6.45) is 4.17. The van der Waals surface area contributed by atoms with Gasteiger partial charge in [0, 0.05) is 50.1 Å². The third kappa shape index (κ3) is 3.80. The lowest BCUT2D eigenvalue weighted by Crippen LogP contribution is -2.45. The van der Waals surface area contributed by atoms with Crippen LogP contribution in [0.5, 0.6) is 5.75 Å². The number of para-hydroxylation sites is 1. The van der Waals surface area contributed by atoms with Crippen molar-refractivity contribution in [2.24, 2.45) is 0 Å². The van der Waals surface area contributed by atoms with Gasteiger partial charge in [-0.1, -0.05) is 30.3 Å². The number of rotatable bonds is 3. The van der Waals surface area contributed by atoms with E-state index in [0.717, 1.165) is 47.9 Å². The highest BCUT2D eigenvalue weighted by Crippen LogP contribution is 2.30. The number of aryl methyl sites for hydroxylation is 1. The van der Waals surface area contributed by atoms with E-state index in [1.807, 2.05) is 19.3 Å². The highest BCUT2D eigenvalue weighted by Gasteiger charge is 2.21. The molecule has 3 aromatic rings. The van der Waals surface area contributed by atoms with Crippen LogP contribution in [0.15, 0.2) is 54.7 Å². The average Bonchev–Trinajstić information content (AvgIpc) is 2.75. The first-order valence-corrected chi connectivity index (χ1v) is 10.1. The zero-order chi connectivity index (χ0) is 19.5. The van der Waals surface area contributed by atoms with E-state index in [4.69, 9.17) is 17.0 Å². The number of nitrogens with one attached hydrogen (secondary N) is 1. The number of fused-ring (bicyclic) bond motifs is 1. The van der Waals surface area contributed by atoms with Crippen LogP contribution in [0.25, 0.3) is 22.0 Å². The van der Waals surface area contributed by atoms with Crippen LogP contribution in [0.2, 0.25) is 0 Å². The largest absolute Gasteiger partial charge is 0.490 e. The summed E-state index contributed by atoms with van der Waals surface area (Å²) < 4.78 is 6.20. The lowest BCUT2D eigenvalue weighted by atomic mass is 9.99. The molecule has 1 aliphatic heterocycles. The van der Waals surface area contributed by atoms with Crippen molar-refractivity contribution >= 4 is 28.2 Å². The minimum Gasteiger partial charge on any atom is -0.490 e. The van der Waals surface area contributed by atoms with Gasteiger partial charge in [0.05, 0.1) is 5.52 Å². The van der Waals surface area contributed by atoms with Gasteiger partial charge in [-0.2, -0.15) is 0 Å². The monoisotopic (exact) mass is 391 g/mol. The Morgan fingerprint density at radius 3 is 2.54 bits per heavy atom. The zero-order valence-corrected chi connectivity index (χ0v) is 17.1. The van der Waals surface area contributed by atoms with Crippen LogP contribution in [0, 0.1) is 6.92 Å². The SMILES string of the molecule is CNC(=S)N1CCC(Oc2ccc(-c3cnc4ccccc4c3C)cc2)CC1. The predicted octanol–water partition coefficient (Wildman–Crippen LogP) is 4.56. The first-order valence-electron chi connectivity index (χ1n) is 9.74. The molecule has 0 unspecified atom stereocenters. The minimum absolute atomic E-state index is 0.242. The topological polar surface area (TPSA) is 37.4 Å². The summed E-state index contributed by atoms with van der Waals surface area (Å²) in [6.45, 7) is 4.03. The van der Waals surface area contributed by atoms with Crippen LogP contribution in [-0.4, -0.2) is 41.2 Å². The van der Waals surface area contributed by atoms with Gasteiger partial charge >= 0.3 is 0 Å². The molecule has 1 fully saturated rings. The van der Waals surface area contributed by atoms with Crippen LogP contribution < -0.4 is 10.1 Å². The summed E-state index contributed by atoms with van der Waals surface area (Å²) in [5.41, 5.74) is 4.62. The molecule has 0 aliphatic carbocycles. The van der Waals surface area contributed by atoms with Crippen molar-refractivity contribution in [2.75, 3.05) is 20.1 Å². The van der Waals surface area contributed by atoms with Crippen LogP contribution >= 0.6 is 12.2 Å². The summed E-state index contributed by atoms with van der Waals surface area (Å²) in [6, 6.07) is 16.6.